The van der Waals surface area contributed by atoms with Crippen LogP contribution in [0.25, 0.3) is 0 Å². The minimum atomic E-state index is -3.83. The highest BCUT2D eigenvalue weighted by Crippen LogP contribution is 2.23. The third kappa shape index (κ3) is 3.00. The molecule has 0 aliphatic carbocycles. The maximum Gasteiger partial charge on any atom is 0.265 e. The summed E-state index contributed by atoms with van der Waals surface area (Å²) < 4.78 is 45.3. The fourth-order valence-corrected chi connectivity index (χ4v) is 3.14. The molecule has 5 nitrogen and oxygen atoms in total. The van der Waals surface area contributed by atoms with Crippen molar-refractivity contribution < 1.29 is 17.2 Å². The Balaban J connectivity index is 2.37. The van der Waals surface area contributed by atoms with Gasteiger partial charge >= 0.3 is 0 Å². The minimum Gasteiger partial charge on any atom is -0.464 e. The van der Waals surface area contributed by atoms with Gasteiger partial charge in [-0.1, -0.05) is 0 Å². The Labute approximate surface area is 116 Å². The second-order valence-corrected chi connectivity index (χ2v) is 6.11. The van der Waals surface area contributed by atoms with Gasteiger partial charge in [0.15, 0.2) is 0 Å². The molecule has 0 saturated heterocycles. The zero-order valence-corrected chi connectivity index (χ0v) is 11.9. The molecule has 3 N–H and O–H groups in total. The van der Waals surface area contributed by atoms with Crippen molar-refractivity contribution in [2.45, 2.75) is 25.3 Å². The van der Waals surface area contributed by atoms with Crippen LogP contribution in [0.5, 0.6) is 0 Å². The van der Waals surface area contributed by atoms with E-state index in [1.54, 1.807) is 13.0 Å². The number of halogens is 1. The van der Waals surface area contributed by atoms with E-state index >= 15 is 0 Å². The number of sulfonamides is 1. The van der Waals surface area contributed by atoms with Crippen LogP contribution in [0, 0.1) is 19.7 Å². The summed E-state index contributed by atoms with van der Waals surface area (Å²) in [4.78, 5) is -0.000126. The highest BCUT2D eigenvalue weighted by molar-refractivity contribution is 7.92. The molecule has 0 bridgehead atoms. The number of anilines is 1. The number of nitrogens with one attached hydrogen (secondary N) is 1. The lowest BCUT2D eigenvalue weighted by molar-refractivity contribution is 0.479. The molecule has 7 heteroatoms. The minimum absolute atomic E-state index is 0.000126. The van der Waals surface area contributed by atoms with E-state index in [1.807, 2.05) is 0 Å². The van der Waals surface area contributed by atoms with Gasteiger partial charge in [-0.15, -0.1) is 0 Å². The summed E-state index contributed by atoms with van der Waals surface area (Å²) in [5.74, 6) is 0.110. The number of rotatable bonds is 4. The first kappa shape index (κ1) is 14.5. The van der Waals surface area contributed by atoms with Gasteiger partial charge in [0.2, 0.25) is 0 Å². The lowest BCUT2D eigenvalue weighted by Crippen LogP contribution is -2.13. The Morgan fingerprint density at radius 1 is 1.25 bits per heavy atom. The van der Waals surface area contributed by atoms with E-state index in [2.05, 4.69) is 4.72 Å². The lowest BCUT2D eigenvalue weighted by atomic mass is 10.2. The molecular formula is C13H15FN2O3S. The molecule has 0 amide bonds. The van der Waals surface area contributed by atoms with Gasteiger partial charge in [-0.3, -0.25) is 4.72 Å². The molecule has 108 valence electrons. The molecule has 0 spiro atoms. The fourth-order valence-electron chi connectivity index (χ4n) is 1.90. The topological polar surface area (TPSA) is 85.3 Å². The summed E-state index contributed by atoms with van der Waals surface area (Å²) in [5, 5.41) is 0. The van der Waals surface area contributed by atoms with Crippen LogP contribution in [0.15, 0.2) is 33.6 Å². The molecule has 0 aliphatic heterocycles. The molecule has 20 heavy (non-hydrogen) atoms. The first-order valence-electron chi connectivity index (χ1n) is 5.91. The van der Waals surface area contributed by atoms with Crippen molar-refractivity contribution in [1.82, 2.24) is 0 Å². The number of nitrogens with two attached hydrogens (primary N) is 1. The van der Waals surface area contributed by atoms with Crippen LogP contribution >= 0.6 is 0 Å². The second kappa shape index (κ2) is 5.26. The maximum atomic E-state index is 13.3. The van der Waals surface area contributed by atoms with E-state index in [4.69, 9.17) is 10.2 Å². The van der Waals surface area contributed by atoms with Crippen LogP contribution in [0.4, 0.5) is 10.1 Å². The van der Waals surface area contributed by atoms with Crippen LogP contribution in [0.3, 0.4) is 0 Å². The molecule has 0 atom stereocenters. The van der Waals surface area contributed by atoms with Crippen LogP contribution < -0.4 is 10.5 Å². The molecule has 0 fully saturated rings. The summed E-state index contributed by atoms with van der Waals surface area (Å²) in [7, 11) is -3.83. The SMILES string of the molecule is Cc1cc(F)cc(NS(=O)(=O)c2cc(CN)oc2C)c1. The Kier molecular flexibility index (Phi) is 3.82. The average molecular weight is 298 g/mol. The highest BCUT2D eigenvalue weighted by atomic mass is 32.2. The van der Waals surface area contributed by atoms with E-state index in [-0.39, 0.29) is 22.9 Å². The number of hydrogen-bond acceptors (Lipinski definition) is 4. The molecule has 2 rings (SSSR count). The van der Waals surface area contributed by atoms with E-state index in [0.29, 0.717) is 11.3 Å². The van der Waals surface area contributed by atoms with Crippen molar-refractivity contribution in [2.24, 2.45) is 5.73 Å². The van der Waals surface area contributed by atoms with Crippen LogP contribution in [-0.4, -0.2) is 8.42 Å². The molecule has 1 aromatic heterocycles. The third-order valence-electron chi connectivity index (χ3n) is 2.71. The molecular weight excluding hydrogens is 283 g/mol. The van der Waals surface area contributed by atoms with Crippen molar-refractivity contribution in [3.63, 3.8) is 0 Å². The molecule has 0 aliphatic rings. The maximum absolute atomic E-state index is 13.3. The normalized spacial score (nSPS) is 11.6. The molecule has 0 unspecified atom stereocenters. The van der Waals surface area contributed by atoms with Crippen LogP contribution in [0.2, 0.25) is 0 Å². The monoisotopic (exact) mass is 298 g/mol. The van der Waals surface area contributed by atoms with E-state index < -0.39 is 15.8 Å². The molecule has 2 aromatic rings. The van der Waals surface area contributed by atoms with Crippen molar-refractivity contribution in [1.29, 1.82) is 0 Å². The lowest BCUT2D eigenvalue weighted by Gasteiger charge is -2.08. The number of benzene rings is 1. The Bertz CT molecular complexity index is 718. The predicted octanol–water partition coefficient (Wildman–Crippen LogP) is 2.30. The fraction of sp³-hybridized carbons (Fsp3) is 0.231. The second-order valence-electron chi connectivity index (χ2n) is 4.46. The first-order valence-corrected chi connectivity index (χ1v) is 7.39. The van der Waals surface area contributed by atoms with E-state index in [1.165, 1.54) is 19.1 Å². The van der Waals surface area contributed by atoms with Crippen molar-refractivity contribution >= 4 is 15.7 Å². The van der Waals surface area contributed by atoms with Gasteiger partial charge < -0.3 is 10.2 Å². The summed E-state index contributed by atoms with van der Waals surface area (Å²) >= 11 is 0. The summed E-state index contributed by atoms with van der Waals surface area (Å²) in [5.41, 5.74) is 6.19. The zero-order chi connectivity index (χ0) is 14.9. The standard InChI is InChI=1S/C13H15FN2O3S/c1-8-3-10(14)5-11(4-8)16-20(17,18)13-6-12(7-15)19-9(13)2/h3-6,16H,7,15H2,1-2H3. The summed E-state index contributed by atoms with van der Waals surface area (Å²) in [6.45, 7) is 3.32. The quantitative estimate of drug-likeness (QED) is 0.907. The van der Waals surface area contributed by atoms with Gasteiger partial charge in [0.05, 0.1) is 12.2 Å². The highest BCUT2D eigenvalue weighted by Gasteiger charge is 2.21. The van der Waals surface area contributed by atoms with E-state index in [0.717, 1.165) is 6.07 Å². The zero-order valence-electron chi connectivity index (χ0n) is 11.1. The molecule has 0 saturated carbocycles. The largest absolute Gasteiger partial charge is 0.464 e. The molecule has 1 aromatic carbocycles. The van der Waals surface area contributed by atoms with Gasteiger partial charge in [0.1, 0.15) is 22.2 Å². The van der Waals surface area contributed by atoms with Gasteiger partial charge in [-0.25, -0.2) is 12.8 Å². The van der Waals surface area contributed by atoms with Crippen LogP contribution in [-0.2, 0) is 16.6 Å². The number of hydrogen-bond donors (Lipinski definition) is 2. The predicted molar refractivity (Wildman–Crippen MR) is 73.3 cm³/mol. The smallest absolute Gasteiger partial charge is 0.265 e. The summed E-state index contributed by atoms with van der Waals surface area (Å²) in [6, 6.07) is 5.33. The van der Waals surface area contributed by atoms with Gasteiger partial charge in [-0.05, 0) is 37.6 Å². The van der Waals surface area contributed by atoms with E-state index in [9.17, 15) is 12.8 Å². The molecule has 0 radical (unpaired) electrons. The van der Waals surface area contributed by atoms with Gasteiger partial charge in [-0.2, -0.15) is 0 Å². The molecule has 1 heterocycles. The Morgan fingerprint density at radius 2 is 1.95 bits per heavy atom. The third-order valence-corrected chi connectivity index (χ3v) is 4.20. The number of aryl methyl sites for hydroxylation is 2. The van der Waals surface area contributed by atoms with Crippen molar-refractivity contribution in [2.75, 3.05) is 4.72 Å². The number of furan rings is 1. The Hall–Kier alpha value is -1.86. The van der Waals surface area contributed by atoms with Crippen molar-refractivity contribution in [3.8, 4) is 0 Å². The average Bonchev–Trinajstić information content (AvgIpc) is 2.69. The van der Waals surface area contributed by atoms with Gasteiger partial charge in [0.25, 0.3) is 10.0 Å². The van der Waals surface area contributed by atoms with Gasteiger partial charge in [0, 0.05) is 6.07 Å². The van der Waals surface area contributed by atoms with Crippen molar-refractivity contribution in [3.05, 3.63) is 47.2 Å². The van der Waals surface area contributed by atoms with Crippen LogP contribution in [0.1, 0.15) is 17.1 Å². The first-order chi connectivity index (χ1) is 9.31. The summed E-state index contributed by atoms with van der Waals surface area (Å²) in [6.07, 6.45) is 0. The Morgan fingerprint density at radius 3 is 2.50 bits per heavy atom.